The van der Waals surface area contributed by atoms with Gasteiger partial charge in [-0.2, -0.15) is 0 Å². The van der Waals surface area contributed by atoms with Gasteiger partial charge in [0.2, 0.25) is 0 Å². The quantitative estimate of drug-likeness (QED) is 0.733. The van der Waals surface area contributed by atoms with Crippen LogP contribution in [0.15, 0.2) is 41.7 Å². The van der Waals surface area contributed by atoms with Crippen LogP contribution in [0, 0.1) is 0 Å². The minimum atomic E-state index is -0.347. The SMILES string of the molecule is COC(=O)C1=C(C)ON(C)C1c1ccccc1. The van der Waals surface area contributed by atoms with Crippen LogP contribution in [0.2, 0.25) is 0 Å². The lowest BCUT2D eigenvalue weighted by atomic mass is 9.98. The Labute approximate surface area is 100 Å². The van der Waals surface area contributed by atoms with E-state index in [1.165, 1.54) is 7.11 Å². The lowest BCUT2D eigenvalue weighted by molar-refractivity contribution is -0.137. The molecule has 0 N–H and O–H groups in total. The first kappa shape index (κ1) is 11.7. The van der Waals surface area contributed by atoms with Gasteiger partial charge in [0.15, 0.2) is 0 Å². The normalized spacial score (nSPS) is 20.3. The standard InChI is InChI=1S/C13H15NO3/c1-9-11(13(15)16-3)12(14(2)17-9)10-7-5-4-6-8-10/h4-8,12H,1-3H3. The van der Waals surface area contributed by atoms with Crippen LogP contribution in [-0.2, 0) is 14.4 Å². The summed E-state index contributed by atoms with van der Waals surface area (Å²) in [5.74, 6) is 0.244. The smallest absolute Gasteiger partial charge is 0.339 e. The molecule has 17 heavy (non-hydrogen) atoms. The molecule has 0 saturated carbocycles. The van der Waals surface area contributed by atoms with Crippen LogP contribution >= 0.6 is 0 Å². The van der Waals surface area contributed by atoms with E-state index in [0.29, 0.717) is 11.3 Å². The Bertz CT molecular complexity index is 453. The molecule has 0 aromatic heterocycles. The second kappa shape index (κ2) is 4.59. The summed E-state index contributed by atoms with van der Waals surface area (Å²) in [7, 11) is 3.18. The largest absolute Gasteiger partial charge is 0.466 e. The lowest BCUT2D eigenvalue weighted by Crippen LogP contribution is -2.22. The second-order valence-corrected chi connectivity index (χ2v) is 3.91. The van der Waals surface area contributed by atoms with Gasteiger partial charge in [0.1, 0.15) is 17.4 Å². The zero-order chi connectivity index (χ0) is 12.4. The first-order valence-electron chi connectivity index (χ1n) is 5.40. The molecule has 0 fully saturated rings. The molecule has 0 spiro atoms. The van der Waals surface area contributed by atoms with Crippen molar-refractivity contribution in [2.24, 2.45) is 0 Å². The van der Waals surface area contributed by atoms with Crippen molar-refractivity contribution in [3.63, 3.8) is 0 Å². The van der Waals surface area contributed by atoms with Crippen molar-refractivity contribution in [2.45, 2.75) is 13.0 Å². The molecule has 4 heteroatoms. The Morgan fingerprint density at radius 1 is 1.35 bits per heavy atom. The average Bonchev–Trinajstić information content (AvgIpc) is 2.64. The molecule has 1 aromatic rings. The summed E-state index contributed by atoms with van der Waals surface area (Å²) in [5, 5.41) is 1.66. The first-order chi connectivity index (χ1) is 8.15. The summed E-state index contributed by atoms with van der Waals surface area (Å²) >= 11 is 0. The maximum absolute atomic E-state index is 11.8. The Kier molecular flexibility index (Phi) is 3.15. The molecule has 0 bridgehead atoms. The zero-order valence-electron chi connectivity index (χ0n) is 10.1. The highest BCUT2D eigenvalue weighted by molar-refractivity contribution is 5.91. The summed E-state index contributed by atoms with van der Waals surface area (Å²) < 4.78 is 4.80. The number of methoxy groups -OCH3 is 1. The third kappa shape index (κ3) is 2.03. The van der Waals surface area contributed by atoms with Crippen LogP contribution < -0.4 is 0 Å². The van der Waals surface area contributed by atoms with E-state index in [2.05, 4.69) is 0 Å². The van der Waals surface area contributed by atoms with Gasteiger partial charge < -0.3 is 9.57 Å². The number of nitrogens with zero attached hydrogens (tertiary/aromatic N) is 1. The molecule has 0 aliphatic carbocycles. The number of hydrogen-bond acceptors (Lipinski definition) is 4. The molecule has 1 aliphatic rings. The topological polar surface area (TPSA) is 38.8 Å². The Balaban J connectivity index is 2.41. The van der Waals surface area contributed by atoms with E-state index in [1.807, 2.05) is 30.3 Å². The highest BCUT2D eigenvalue weighted by Gasteiger charge is 2.36. The molecule has 4 nitrogen and oxygen atoms in total. The first-order valence-corrected chi connectivity index (χ1v) is 5.40. The fourth-order valence-corrected chi connectivity index (χ4v) is 2.07. The number of carbonyl (C=O) groups is 1. The van der Waals surface area contributed by atoms with Gasteiger partial charge >= 0.3 is 5.97 Å². The Morgan fingerprint density at radius 2 is 2.00 bits per heavy atom. The van der Waals surface area contributed by atoms with E-state index in [4.69, 9.17) is 9.57 Å². The fourth-order valence-electron chi connectivity index (χ4n) is 2.07. The van der Waals surface area contributed by atoms with Crippen LogP contribution in [0.25, 0.3) is 0 Å². The number of hydrogen-bond donors (Lipinski definition) is 0. The van der Waals surface area contributed by atoms with Gasteiger partial charge in [0.25, 0.3) is 0 Å². The van der Waals surface area contributed by atoms with E-state index in [1.54, 1.807) is 19.0 Å². The molecule has 90 valence electrons. The third-order valence-corrected chi connectivity index (χ3v) is 2.82. The minimum Gasteiger partial charge on any atom is -0.466 e. The van der Waals surface area contributed by atoms with Crippen LogP contribution in [0.4, 0.5) is 0 Å². The predicted molar refractivity (Wildman–Crippen MR) is 62.7 cm³/mol. The highest BCUT2D eigenvalue weighted by Crippen LogP contribution is 2.36. The maximum Gasteiger partial charge on any atom is 0.339 e. The van der Waals surface area contributed by atoms with Crippen molar-refractivity contribution in [3.8, 4) is 0 Å². The van der Waals surface area contributed by atoms with Crippen molar-refractivity contribution in [2.75, 3.05) is 14.2 Å². The number of ether oxygens (including phenoxy) is 1. The highest BCUT2D eigenvalue weighted by atomic mass is 16.7. The molecule has 1 aromatic carbocycles. The molecular formula is C13H15NO3. The summed E-state index contributed by atoms with van der Waals surface area (Å²) in [6.07, 6.45) is 0. The molecule has 0 radical (unpaired) electrons. The molecule has 2 rings (SSSR count). The van der Waals surface area contributed by atoms with E-state index >= 15 is 0 Å². The lowest BCUT2D eigenvalue weighted by Gasteiger charge is -2.19. The molecule has 0 saturated heterocycles. The second-order valence-electron chi connectivity index (χ2n) is 3.91. The number of esters is 1. The number of carbonyl (C=O) groups excluding carboxylic acids is 1. The van der Waals surface area contributed by atoms with Gasteiger partial charge in [-0.05, 0) is 12.5 Å². The van der Waals surface area contributed by atoms with Crippen molar-refractivity contribution in [1.82, 2.24) is 5.06 Å². The van der Waals surface area contributed by atoms with Crippen LogP contribution in [0.5, 0.6) is 0 Å². The summed E-state index contributed by atoms with van der Waals surface area (Å²) in [6.45, 7) is 1.77. The Morgan fingerprint density at radius 3 is 2.59 bits per heavy atom. The van der Waals surface area contributed by atoms with Gasteiger partial charge in [-0.3, -0.25) is 0 Å². The number of benzene rings is 1. The van der Waals surface area contributed by atoms with E-state index < -0.39 is 0 Å². The maximum atomic E-state index is 11.8. The molecule has 1 atom stereocenters. The van der Waals surface area contributed by atoms with Gasteiger partial charge in [0, 0.05) is 7.05 Å². The number of hydroxylamine groups is 2. The number of likely N-dealkylation sites (N-methyl/N-ethyl adjacent to an activating group) is 1. The van der Waals surface area contributed by atoms with Gasteiger partial charge in [-0.1, -0.05) is 30.3 Å². The number of rotatable bonds is 2. The van der Waals surface area contributed by atoms with Crippen molar-refractivity contribution in [3.05, 3.63) is 47.2 Å². The summed E-state index contributed by atoms with van der Waals surface area (Å²) in [5.41, 5.74) is 1.56. The van der Waals surface area contributed by atoms with E-state index in [9.17, 15) is 4.79 Å². The van der Waals surface area contributed by atoms with Crippen molar-refractivity contribution >= 4 is 5.97 Å². The van der Waals surface area contributed by atoms with Crippen molar-refractivity contribution < 1.29 is 14.4 Å². The molecule has 1 heterocycles. The van der Waals surface area contributed by atoms with Gasteiger partial charge in [0.05, 0.1) is 7.11 Å². The minimum absolute atomic E-state index is 0.205. The van der Waals surface area contributed by atoms with E-state index in [0.717, 1.165) is 5.56 Å². The van der Waals surface area contributed by atoms with Gasteiger partial charge in [-0.15, -0.1) is 5.06 Å². The molecule has 1 unspecified atom stereocenters. The summed E-state index contributed by atoms with van der Waals surface area (Å²) in [4.78, 5) is 17.2. The van der Waals surface area contributed by atoms with Gasteiger partial charge in [-0.25, -0.2) is 4.79 Å². The average molecular weight is 233 g/mol. The molecule has 1 aliphatic heterocycles. The van der Waals surface area contributed by atoms with E-state index in [-0.39, 0.29) is 12.0 Å². The van der Waals surface area contributed by atoms with Crippen molar-refractivity contribution in [1.29, 1.82) is 0 Å². The molecular weight excluding hydrogens is 218 g/mol. The molecule has 0 amide bonds. The summed E-state index contributed by atoms with van der Waals surface area (Å²) in [6, 6.07) is 9.53. The van der Waals surface area contributed by atoms with Crippen LogP contribution in [0.3, 0.4) is 0 Å². The monoisotopic (exact) mass is 233 g/mol. The Hall–Kier alpha value is -1.81. The third-order valence-electron chi connectivity index (χ3n) is 2.82. The zero-order valence-corrected chi connectivity index (χ0v) is 10.1. The fraction of sp³-hybridized carbons (Fsp3) is 0.308. The van der Waals surface area contributed by atoms with Crippen LogP contribution in [0.1, 0.15) is 18.5 Å². The number of allylic oxidation sites excluding steroid dienone is 1. The predicted octanol–water partition coefficient (Wildman–Crippen LogP) is 2.05. The van der Waals surface area contributed by atoms with Crippen LogP contribution in [-0.4, -0.2) is 25.2 Å².